The maximum absolute atomic E-state index is 5.89. The molecule has 0 bridgehead atoms. The highest BCUT2D eigenvalue weighted by Gasteiger charge is 2.08. The Morgan fingerprint density at radius 2 is 1.76 bits per heavy atom. The third-order valence-corrected chi connectivity index (χ3v) is 3.05. The van der Waals surface area contributed by atoms with E-state index >= 15 is 0 Å². The topological polar surface area (TPSA) is 9.23 Å². The summed E-state index contributed by atoms with van der Waals surface area (Å²) in [5.74, 6) is 0.901. The van der Waals surface area contributed by atoms with Gasteiger partial charge in [-0.2, -0.15) is 0 Å². The quantitative estimate of drug-likeness (QED) is 0.781. The van der Waals surface area contributed by atoms with E-state index in [2.05, 4.69) is 48.0 Å². The van der Waals surface area contributed by atoms with Crippen molar-refractivity contribution in [1.82, 2.24) is 0 Å². The summed E-state index contributed by atoms with van der Waals surface area (Å²) >= 11 is 3.51. The van der Waals surface area contributed by atoms with Crippen LogP contribution in [0.3, 0.4) is 0 Å². The molecule has 2 aromatic rings. The first kappa shape index (κ1) is 12.2. The zero-order valence-corrected chi connectivity index (χ0v) is 11.6. The molecule has 88 valence electrons. The maximum atomic E-state index is 5.89. The van der Waals surface area contributed by atoms with Crippen LogP contribution in [0.5, 0.6) is 5.75 Å². The fraction of sp³-hybridized carbons (Fsp3) is 0.200. The average Bonchev–Trinajstić information content (AvgIpc) is 2.29. The van der Waals surface area contributed by atoms with Gasteiger partial charge in [0.1, 0.15) is 11.9 Å². The third kappa shape index (κ3) is 3.34. The van der Waals surface area contributed by atoms with Gasteiger partial charge < -0.3 is 4.74 Å². The average molecular weight is 291 g/mol. The minimum absolute atomic E-state index is 0.0496. The summed E-state index contributed by atoms with van der Waals surface area (Å²) in [5.41, 5.74) is 2.42. The van der Waals surface area contributed by atoms with Gasteiger partial charge in [0, 0.05) is 4.47 Å². The molecule has 0 spiro atoms. The molecule has 1 nitrogen and oxygen atoms in total. The summed E-state index contributed by atoms with van der Waals surface area (Å²) < 4.78 is 6.98. The molecule has 0 aliphatic heterocycles. The van der Waals surface area contributed by atoms with E-state index in [-0.39, 0.29) is 6.10 Å². The molecule has 1 atom stereocenters. The highest BCUT2D eigenvalue weighted by atomic mass is 79.9. The van der Waals surface area contributed by atoms with Crippen molar-refractivity contribution in [2.24, 2.45) is 0 Å². The van der Waals surface area contributed by atoms with Gasteiger partial charge in [-0.3, -0.25) is 0 Å². The zero-order valence-electron chi connectivity index (χ0n) is 9.98. The molecule has 0 saturated carbocycles. The molecule has 0 aromatic heterocycles. The van der Waals surface area contributed by atoms with Crippen LogP contribution in [0.15, 0.2) is 53.0 Å². The first-order valence-corrected chi connectivity index (χ1v) is 6.43. The fourth-order valence-corrected chi connectivity index (χ4v) is 2.40. The number of hydrogen-bond donors (Lipinski definition) is 0. The summed E-state index contributed by atoms with van der Waals surface area (Å²) in [6.45, 7) is 4.15. The third-order valence-electron chi connectivity index (χ3n) is 2.59. The van der Waals surface area contributed by atoms with Crippen LogP contribution in [-0.2, 0) is 0 Å². The molecule has 0 heterocycles. The molecule has 0 N–H and O–H groups in total. The fourth-order valence-electron chi connectivity index (χ4n) is 1.77. The lowest BCUT2D eigenvalue weighted by Crippen LogP contribution is -2.03. The molecule has 0 aliphatic rings. The number of benzene rings is 2. The second-order valence-corrected chi connectivity index (χ2v) is 5.05. The van der Waals surface area contributed by atoms with Gasteiger partial charge in [0.2, 0.25) is 0 Å². The minimum atomic E-state index is 0.0496. The molecule has 17 heavy (non-hydrogen) atoms. The Morgan fingerprint density at radius 1 is 1.06 bits per heavy atom. The number of rotatable bonds is 3. The Morgan fingerprint density at radius 3 is 2.41 bits per heavy atom. The van der Waals surface area contributed by atoms with Crippen molar-refractivity contribution in [2.45, 2.75) is 20.0 Å². The lowest BCUT2D eigenvalue weighted by molar-refractivity contribution is 0.227. The molecule has 0 aliphatic carbocycles. The molecular weight excluding hydrogens is 276 g/mol. The van der Waals surface area contributed by atoms with E-state index in [0.29, 0.717) is 0 Å². The van der Waals surface area contributed by atoms with Crippen LogP contribution in [0.4, 0.5) is 0 Å². The molecule has 2 rings (SSSR count). The van der Waals surface area contributed by atoms with Gasteiger partial charge in [-0.05, 0) is 49.2 Å². The predicted molar refractivity (Wildman–Crippen MR) is 74.4 cm³/mol. The van der Waals surface area contributed by atoms with Crippen molar-refractivity contribution in [3.63, 3.8) is 0 Å². The van der Waals surface area contributed by atoms with Crippen LogP contribution in [0, 0.1) is 6.92 Å². The summed E-state index contributed by atoms with van der Waals surface area (Å²) in [6.07, 6.45) is 0.0496. The Labute approximate surface area is 111 Å². The standard InChI is InChI=1S/C15H15BrO/c1-11-8-13(10-14(16)9-11)12(2)17-15-6-4-3-5-7-15/h3-10,12H,1-2H3. The van der Waals surface area contributed by atoms with Gasteiger partial charge in [0.25, 0.3) is 0 Å². The van der Waals surface area contributed by atoms with E-state index < -0.39 is 0 Å². The second kappa shape index (κ2) is 5.37. The van der Waals surface area contributed by atoms with Crippen molar-refractivity contribution in [3.8, 4) is 5.75 Å². The number of aryl methyl sites for hydroxylation is 1. The van der Waals surface area contributed by atoms with Crippen molar-refractivity contribution in [3.05, 3.63) is 64.1 Å². The van der Waals surface area contributed by atoms with Gasteiger partial charge in [-0.1, -0.05) is 40.2 Å². The van der Waals surface area contributed by atoms with Crippen molar-refractivity contribution >= 4 is 15.9 Å². The molecule has 2 aromatic carbocycles. The Hall–Kier alpha value is -1.28. The maximum Gasteiger partial charge on any atom is 0.121 e. The highest BCUT2D eigenvalue weighted by Crippen LogP contribution is 2.24. The van der Waals surface area contributed by atoms with Crippen LogP contribution in [-0.4, -0.2) is 0 Å². The van der Waals surface area contributed by atoms with Gasteiger partial charge >= 0.3 is 0 Å². The molecule has 1 unspecified atom stereocenters. The Bertz CT molecular complexity index is 473. The van der Waals surface area contributed by atoms with Crippen LogP contribution in [0.1, 0.15) is 24.2 Å². The van der Waals surface area contributed by atoms with Crippen LogP contribution < -0.4 is 4.74 Å². The molecule has 0 fully saturated rings. The van der Waals surface area contributed by atoms with E-state index in [1.807, 2.05) is 30.3 Å². The Balaban J connectivity index is 2.17. The van der Waals surface area contributed by atoms with E-state index in [4.69, 9.17) is 4.74 Å². The molecule has 0 radical (unpaired) electrons. The number of ether oxygens (including phenoxy) is 1. The lowest BCUT2D eigenvalue weighted by Gasteiger charge is -2.16. The zero-order chi connectivity index (χ0) is 12.3. The largest absolute Gasteiger partial charge is 0.486 e. The van der Waals surface area contributed by atoms with Gasteiger partial charge in [0.05, 0.1) is 0 Å². The first-order valence-electron chi connectivity index (χ1n) is 5.64. The summed E-state index contributed by atoms with van der Waals surface area (Å²) in [5, 5.41) is 0. The van der Waals surface area contributed by atoms with Gasteiger partial charge in [-0.25, -0.2) is 0 Å². The smallest absolute Gasteiger partial charge is 0.121 e. The number of halogens is 1. The minimum Gasteiger partial charge on any atom is -0.486 e. The molecule has 0 saturated heterocycles. The highest BCUT2D eigenvalue weighted by molar-refractivity contribution is 9.10. The van der Waals surface area contributed by atoms with E-state index in [0.717, 1.165) is 10.2 Å². The number of hydrogen-bond acceptors (Lipinski definition) is 1. The van der Waals surface area contributed by atoms with Gasteiger partial charge in [0.15, 0.2) is 0 Å². The molecule has 0 amide bonds. The molecular formula is C15H15BrO. The number of para-hydroxylation sites is 1. The summed E-state index contributed by atoms with van der Waals surface area (Å²) in [7, 11) is 0. The van der Waals surface area contributed by atoms with E-state index in [1.54, 1.807) is 0 Å². The van der Waals surface area contributed by atoms with E-state index in [9.17, 15) is 0 Å². The Kier molecular flexibility index (Phi) is 3.85. The predicted octanol–water partition coefficient (Wildman–Crippen LogP) is 4.90. The monoisotopic (exact) mass is 290 g/mol. The van der Waals surface area contributed by atoms with Crippen molar-refractivity contribution in [1.29, 1.82) is 0 Å². The van der Waals surface area contributed by atoms with Crippen LogP contribution >= 0.6 is 15.9 Å². The second-order valence-electron chi connectivity index (χ2n) is 4.14. The normalized spacial score (nSPS) is 12.2. The first-order chi connectivity index (χ1) is 8.15. The van der Waals surface area contributed by atoms with E-state index in [1.165, 1.54) is 11.1 Å². The van der Waals surface area contributed by atoms with Gasteiger partial charge in [-0.15, -0.1) is 0 Å². The summed E-state index contributed by atoms with van der Waals surface area (Å²) in [4.78, 5) is 0. The van der Waals surface area contributed by atoms with Crippen molar-refractivity contribution in [2.75, 3.05) is 0 Å². The van der Waals surface area contributed by atoms with Crippen molar-refractivity contribution < 1.29 is 4.74 Å². The van der Waals surface area contributed by atoms with Crippen LogP contribution in [0.2, 0.25) is 0 Å². The molecule has 2 heteroatoms. The SMILES string of the molecule is Cc1cc(Br)cc(C(C)Oc2ccccc2)c1. The summed E-state index contributed by atoms with van der Waals surface area (Å²) in [6, 6.07) is 16.2. The van der Waals surface area contributed by atoms with Crippen LogP contribution in [0.25, 0.3) is 0 Å². The lowest BCUT2D eigenvalue weighted by atomic mass is 10.1.